The van der Waals surface area contributed by atoms with Crippen molar-refractivity contribution in [2.24, 2.45) is 5.92 Å². The van der Waals surface area contributed by atoms with E-state index in [1.54, 1.807) is 0 Å². The first-order valence-electron chi connectivity index (χ1n) is 7.15. The first-order valence-corrected chi connectivity index (χ1v) is 8.44. The van der Waals surface area contributed by atoms with Crippen LogP contribution in [0.4, 0.5) is 0 Å². The van der Waals surface area contributed by atoms with Crippen LogP contribution >= 0.6 is 11.8 Å². The van der Waals surface area contributed by atoms with E-state index in [1.807, 2.05) is 30.5 Å². The molecule has 0 bridgehead atoms. The van der Waals surface area contributed by atoms with E-state index in [-0.39, 0.29) is 23.8 Å². The van der Waals surface area contributed by atoms with Gasteiger partial charge in [-0.1, -0.05) is 13.8 Å². The Kier molecular flexibility index (Phi) is 4.76. The molecule has 108 valence electrons. The molecule has 2 rings (SSSR count). The second-order valence-electron chi connectivity index (χ2n) is 5.90. The van der Waals surface area contributed by atoms with Crippen LogP contribution in [0.25, 0.3) is 0 Å². The van der Waals surface area contributed by atoms with E-state index in [0.29, 0.717) is 24.3 Å². The summed E-state index contributed by atoms with van der Waals surface area (Å²) in [5.74, 6) is 0.274. The Bertz CT molecular complexity index is 359. The van der Waals surface area contributed by atoms with Crippen LogP contribution in [0.5, 0.6) is 0 Å². The molecule has 1 aliphatic heterocycles. The number of hydrogen-bond donors (Lipinski definition) is 1. The van der Waals surface area contributed by atoms with Gasteiger partial charge in [0.15, 0.2) is 0 Å². The fourth-order valence-electron chi connectivity index (χ4n) is 3.05. The largest absolute Gasteiger partial charge is 0.344 e. The first kappa shape index (κ1) is 14.7. The maximum Gasteiger partial charge on any atom is 0.245 e. The highest BCUT2D eigenvalue weighted by atomic mass is 32.2. The molecular weight excluding hydrogens is 260 g/mol. The predicted molar refractivity (Wildman–Crippen MR) is 78.0 cm³/mol. The Balaban J connectivity index is 2.10. The number of nitrogens with zero attached hydrogens (tertiary/aromatic N) is 1. The monoisotopic (exact) mass is 284 g/mol. The summed E-state index contributed by atoms with van der Waals surface area (Å²) in [6.07, 6.45) is 5.92. The van der Waals surface area contributed by atoms with Crippen molar-refractivity contribution in [3.8, 4) is 0 Å². The molecule has 1 saturated carbocycles. The Labute approximate surface area is 119 Å². The van der Waals surface area contributed by atoms with Gasteiger partial charge >= 0.3 is 0 Å². The Hall–Kier alpha value is -0.710. The molecule has 1 aliphatic carbocycles. The molecule has 2 fully saturated rings. The molecule has 2 aliphatic rings. The van der Waals surface area contributed by atoms with Crippen molar-refractivity contribution in [2.75, 3.05) is 12.8 Å². The molecule has 4 nitrogen and oxygen atoms in total. The molecule has 1 heterocycles. The van der Waals surface area contributed by atoms with Crippen LogP contribution in [0.1, 0.15) is 39.5 Å². The SMILES string of the molecule is CSC1CCC(N2CCC(=O)NC(C(C)C)C2=O)C1. The maximum absolute atomic E-state index is 12.6. The summed E-state index contributed by atoms with van der Waals surface area (Å²) in [7, 11) is 0. The van der Waals surface area contributed by atoms with Crippen molar-refractivity contribution in [1.29, 1.82) is 0 Å². The fraction of sp³-hybridized carbons (Fsp3) is 0.857. The summed E-state index contributed by atoms with van der Waals surface area (Å²) in [5.41, 5.74) is 0. The lowest BCUT2D eigenvalue weighted by Gasteiger charge is -2.31. The lowest BCUT2D eigenvalue weighted by atomic mass is 10.0. The highest BCUT2D eigenvalue weighted by Crippen LogP contribution is 2.32. The average molecular weight is 284 g/mol. The summed E-state index contributed by atoms with van der Waals surface area (Å²) in [6.45, 7) is 4.57. The normalized spacial score (nSPS) is 32.6. The minimum atomic E-state index is -0.344. The van der Waals surface area contributed by atoms with Gasteiger partial charge in [0.25, 0.3) is 0 Å². The second-order valence-corrected chi connectivity index (χ2v) is 7.03. The maximum atomic E-state index is 12.6. The van der Waals surface area contributed by atoms with Gasteiger partial charge in [-0.3, -0.25) is 9.59 Å². The molecule has 3 atom stereocenters. The minimum absolute atomic E-state index is 0.00830. The van der Waals surface area contributed by atoms with Crippen LogP contribution in [0.3, 0.4) is 0 Å². The van der Waals surface area contributed by atoms with Crippen LogP contribution in [0.15, 0.2) is 0 Å². The predicted octanol–water partition coefficient (Wildman–Crippen LogP) is 1.64. The molecule has 19 heavy (non-hydrogen) atoms. The number of rotatable bonds is 3. The van der Waals surface area contributed by atoms with Crippen molar-refractivity contribution in [2.45, 2.75) is 56.9 Å². The molecule has 0 aromatic carbocycles. The topological polar surface area (TPSA) is 49.4 Å². The number of thioether (sulfide) groups is 1. The van der Waals surface area contributed by atoms with Gasteiger partial charge in [0.2, 0.25) is 11.8 Å². The Morgan fingerprint density at radius 2 is 2.05 bits per heavy atom. The van der Waals surface area contributed by atoms with E-state index in [4.69, 9.17) is 0 Å². The van der Waals surface area contributed by atoms with E-state index in [1.165, 1.54) is 6.42 Å². The Morgan fingerprint density at radius 3 is 2.63 bits per heavy atom. The van der Waals surface area contributed by atoms with E-state index in [9.17, 15) is 9.59 Å². The molecule has 0 aromatic heterocycles. The van der Waals surface area contributed by atoms with Gasteiger partial charge in [-0.05, 0) is 31.4 Å². The molecular formula is C14H24N2O2S. The average Bonchev–Trinajstić information content (AvgIpc) is 2.78. The highest BCUT2D eigenvalue weighted by molar-refractivity contribution is 7.99. The summed E-state index contributed by atoms with van der Waals surface area (Å²) >= 11 is 1.89. The van der Waals surface area contributed by atoms with Crippen LogP contribution in [-0.4, -0.2) is 46.8 Å². The third kappa shape index (κ3) is 3.25. The molecule has 0 aromatic rings. The van der Waals surface area contributed by atoms with Gasteiger partial charge in [0.1, 0.15) is 6.04 Å². The van der Waals surface area contributed by atoms with Gasteiger partial charge in [-0.2, -0.15) is 11.8 Å². The molecule has 1 saturated heterocycles. The second kappa shape index (κ2) is 6.16. The fourth-order valence-corrected chi connectivity index (χ4v) is 3.83. The third-order valence-electron chi connectivity index (χ3n) is 4.24. The van der Waals surface area contributed by atoms with E-state index < -0.39 is 0 Å². The lowest BCUT2D eigenvalue weighted by molar-refractivity contribution is -0.136. The summed E-state index contributed by atoms with van der Waals surface area (Å²) in [6, 6.07) is -0.0118. The van der Waals surface area contributed by atoms with Gasteiger partial charge in [0, 0.05) is 24.3 Å². The molecule has 1 N–H and O–H groups in total. The number of amides is 2. The lowest BCUT2D eigenvalue weighted by Crippen LogP contribution is -2.50. The van der Waals surface area contributed by atoms with E-state index >= 15 is 0 Å². The van der Waals surface area contributed by atoms with E-state index in [2.05, 4.69) is 11.6 Å². The number of carbonyl (C=O) groups is 2. The standard InChI is InChI=1S/C14H24N2O2S/c1-9(2)13-14(18)16(7-6-12(17)15-13)10-4-5-11(8-10)19-3/h9-11,13H,4-8H2,1-3H3,(H,15,17). The highest BCUT2D eigenvalue weighted by Gasteiger charge is 2.38. The van der Waals surface area contributed by atoms with Crippen molar-refractivity contribution < 1.29 is 9.59 Å². The first-order chi connectivity index (χ1) is 9.02. The number of carbonyl (C=O) groups excluding carboxylic acids is 2. The van der Waals surface area contributed by atoms with Gasteiger partial charge in [0.05, 0.1) is 0 Å². The van der Waals surface area contributed by atoms with Crippen molar-refractivity contribution in [3.05, 3.63) is 0 Å². The zero-order valence-electron chi connectivity index (χ0n) is 12.0. The van der Waals surface area contributed by atoms with Gasteiger partial charge in [-0.25, -0.2) is 0 Å². The minimum Gasteiger partial charge on any atom is -0.344 e. The van der Waals surface area contributed by atoms with Crippen molar-refractivity contribution in [1.82, 2.24) is 10.2 Å². The smallest absolute Gasteiger partial charge is 0.245 e. The molecule has 2 amide bonds. The van der Waals surface area contributed by atoms with Crippen molar-refractivity contribution in [3.63, 3.8) is 0 Å². The number of nitrogens with one attached hydrogen (secondary N) is 1. The van der Waals surface area contributed by atoms with Crippen LogP contribution in [-0.2, 0) is 9.59 Å². The van der Waals surface area contributed by atoms with Gasteiger partial charge < -0.3 is 10.2 Å². The molecule has 3 unspecified atom stereocenters. The van der Waals surface area contributed by atoms with Crippen LogP contribution < -0.4 is 5.32 Å². The summed E-state index contributed by atoms with van der Waals surface area (Å²) in [4.78, 5) is 26.3. The Morgan fingerprint density at radius 1 is 1.32 bits per heavy atom. The van der Waals surface area contributed by atoms with Crippen LogP contribution in [0.2, 0.25) is 0 Å². The summed E-state index contributed by atoms with van der Waals surface area (Å²) < 4.78 is 0. The zero-order chi connectivity index (χ0) is 14.0. The molecule has 0 radical (unpaired) electrons. The summed E-state index contributed by atoms with van der Waals surface area (Å²) in [5, 5.41) is 3.54. The quantitative estimate of drug-likeness (QED) is 0.857. The van der Waals surface area contributed by atoms with Gasteiger partial charge in [-0.15, -0.1) is 0 Å². The van der Waals surface area contributed by atoms with Crippen LogP contribution in [0, 0.1) is 5.92 Å². The third-order valence-corrected chi connectivity index (χ3v) is 5.34. The molecule has 0 spiro atoms. The van der Waals surface area contributed by atoms with Crippen molar-refractivity contribution >= 4 is 23.6 Å². The number of hydrogen-bond acceptors (Lipinski definition) is 3. The zero-order valence-corrected chi connectivity index (χ0v) is 12.8. The molecule has 5 heteroatoms. The van der Waals surface area contributed by atoms with E-state index in [0.717, 1.165) is 12.8 Å².